The summed E-state index contributed by atoms with van der Waals surface area (Å²) in [7, 11) is 1.61. The van der Waals surface area contributed by atoms with Gasteiger partial charge in [0.2, 0.25) is 17.7 Å². The molecule has 3 amide bonds. The molecule has 3 rings (SSSR count). The molecule has 1 atom stereocenters. The van der Waals surface area contributed by atoms with E-state index in [9.17, 15) is 14.4 Å². The number of aryl methyl sites for hydroxylation is 3. The average Bonchev–Trinajstić information content (AvgIpc) is 3.11. The van der Waals surface area contributed by atoms with Crippen LogP contribution in [0.3, 0.4) is 0 Å². The average molecular weight is 408 g/mol. The summed E-state index contributed by atoms with van der Waals surface area (Å²) >= 11 is 0. The highest BCUT2D eigenvalue weighted by Gasteiger charge is 2.37. The third kappa shape index (κ3) is 4.70. The van der Waals surface area contributed by atoms with Crippen molar-refractivity contribution in [2.45, 2.75) is 33.6 Å². The predicted octanol–water partition coefficient (Wildman–Crippen LogP) is 3.32. The van der Waals surface area contributed by atoms with Gasteiger partial charge in [-0.1, -0.05) is 37.3 Å². The molecule has 1 aliphatic heterocycles. The standard InChI is InChI=1S/C24H29N3O3/c1-5-18-8-6-7-9-21(18)27-14-19(13-23(27)29)24(30)26(4)15-22(28)25-20-12-16(2)10-11-17(20)3/h6-12,19H,5,13-15H2,1-4H3,(H,25,28)/t19-/m0/s1. The Bertz CT molecular complexity index is 970. The molecule has 2 aromatic rings. The molecule has 0 bridgehead atoms. The number of anilines is 2. The first-order chi connectivity index (χ1) is 14.3. The Labute approximate surface area is 177 Å². The highest BCUT2D eigenvalue weighted by Crippen LogP contribution is 2.29. The topological polar surface area (TPSA) is 69.7 Å². The van der Waals surface area contributed by atoms with E-state index in [0.717, 1.165) is 34.5 Å². The molecule has 2 aromatic carbocycles. The summed E-state index contributed by atoms with van der Waals surface area (Å²) in [6, 6.07) is 13.6. The van der Waals surface area contributed by atoms with E-state index >= 15 is 0 Å². The fraction of sp³-hybridized carbons (Fsp3) is 0.375. The van der Waals surface area contributed by atoms with Crippen LogP contribution < -0.4 is 10.2 Å². The fourth-order valence-electron chi connectivity index (χ4n) is 3.84. The number of nitrogens with one attached hydrogen (secondary N) is 1. The first-order valence-electron chi connectivity index (χ1n) is 10.3. The summed E-state index contributed by atoms with van der Waals surface area (Å²) < 4.78 is 0. The lowest BCUT2D eigenvalue weighted by Crippen LogP contribution is -2.39. The van der Waals surface area contributed by atoms with Crippen molar-refractivity contribution in [1.82, 2.24) is 4.90 Å². The molecule has 1 N–H and O–H groups in total. The number of nitrogens with zero attached hydrogens (tertiary/aromatic N) is 2. The van der Waals surface area contributed by atoms with E-state index in [4.69, 9.17) is 0 Å². The molecular formula is C24H29N3O3. The molecule has 6 nitrogen and oxygen atoms in total. The first kappa shape index (κ1) is 21.6. The Morgan fingerprint density at radius 3 is 2.63 bits per heavy atom. The van der Waals surface area contributed by atoms with E-state index in [-0.39, 0.29) is 30.7 Å². The van der Waals surface area contributed by atoms with E-state index in [2.05, 4.69) is 5.32 Å². The minimum absolute atomic E-state index is 0.0531. The summed E-state index contributed by atoms with van der Waals surface area (Å²) in [6.07, 6.45) is 0.983. The van der Waals surface area contributed by atoms with Crippen molar-refractivity contribution >= 4 is 29.1 Å². The van der Waals surface area contributed by atoms with Crippen LogP contribution in [0.5, 0.6) is 0 Å². The maximum absolute atomic E-state index is 12.9. The Balaban J connectivity index is 1.63. The molecule has 1 fully saturated rings. The smallest absolute Gasteiger partial charge is 0.243 e. The van der Waals surface area contributed by atoms with Gasteiger partial charge in [0, 0.05) is 31.4 Å². The number of rotatable bonds is 6. The molecule has 1 heterocycles. The molecular weight excluding hydrogens is 378 g/mol. The van der Waals surface area contributed by atoms with Crippen molar-refractivity contribution in [3.8, 4) is 0 Å². The number of hydrogen-bond acceptors (Lipinski definition) is 3. The van der Waals surface area contributed by atoms with Crippen LogP contribution in [0.2, 0.25) is 0 Å². The number of benzene rings is 2. The lowest BCUT2D eigenvalue weighted by Gasteiger charge is -2.22. The monoisotopic (exact) mass is 407 g/mol. The van der Waals surface area contributed by atoms with Gasteiger partial charge in [-0.3, -0.25) is 14.4 Å². The molecule has 0 radical (unpaired) electrons. The van der Waals surface area contributed by atoms with Gasteiger partial charge in [-0.2, -0.15) is 0 Å². The Morgan fingerprint density at radius 1 is 1.17 bits per heavy atom. The van der Waals surface area contributed by atoms with Crippen LogP contribution in [0.15, 0.2) is 42.5 Å². The minimum Gasteiger partial charge on any atom is -0.336 e. The number of carbonyl (C=O) groups is 3. The van der Waals surface area contributed by atoms with Gasteiger partial charge < -0.3 is 15.1 Å². The molecule has 158 valence electrons. The van der Waals surface area contributed by atoms with Gasteiger partial charge in [0.15, 0.2) is 0 Å². The highest BCUT2D eigenvalue weighted by molar-refractivity contribution is 6.02. The summed E-state index contributed by atoms with van der Waals surface area (Å²) in [4.78, 5) is 41.1. The van der Waals surface area contributed by atoms with Crippen molar-refractivity contribution in [3.05, 3.63) is 59.2 Å². The maximum atomic E-state index is 12.9. The van der Waals surface area contributed by atoms with Gasteiger partial charge in [0.05, 0.1) is 12.5 Å². The third-order valence-corrected chi connectivity index (χ3v) is 5.56. The molecule has 1 aliphatic rings. The fourth-order valence-corrected chi connectivity index (χ4v) is 3.84. The van der Waals surface area contributed by atoms with E-state index in [1.807, 2.05) is 63.2 Å². The molecule has 1 saturated heterocycles. The Hall–Kier alpha value is -3.15. The van der Waals surface area contributed by atoms with Crippen molar-refractivity contribution in [2.75, 3.05) is 30.4 Å². The normalized spacial score (nSPS) is 15.9. The largest absolute Gasteiger partial charge is 0.336 e. The number of likely N-dealkylation sites (N-methyl/N-ethyl adjacent to an activating group) is 1. The van der Waals surface area contributed by atoms with E-state index in [1.54, 1.807) is 11.9 Å². The molecule has 0 saturated carbocycles. The van der Waals surface area contributed by atoms with E-state index in [0.29, 0.717) is 6.54 Å². The number of amides is 3. The van der Waals surface area contributed by atoms with Gasteiger partial charge in [0.25, 0.3) is 0 Å². The first-order valence-corrected chi connectivity index (χ1v) is 10.3. The summed E-state index contributed by atoms with van der Waals surface area (Å²) in [5, 5.41) is 2.88. The highest BCUT2D eigenvalue weighted by atomic mass is 16.2. The van der Waals surface area contributed by atoms with Crippen molar-refractivity contribution in [1.29, 1.82) is 0 Å². The van der Waals surface area contributed by atoms with Crippen molar-refractivity contribution in [3.63, 3.8) is 0 Å². The van der Waals surface area contributed by atoms with Crippen LogP contribution in [-0.2, 0) is 20.8 Å². The predicted molar refractivity (Wildman–Crippen MR) is 118 cm³/mol. The minimum atomic E-state index is -0.444. The van der Waals surface area contributed by atoms with Crippen molar-refractivity contribution in [2.24, 2.45) is 5.92 Å². The van der Waals surface area contributed by atoms with E-state index < -0.39 is 5.92 Å². The summed E-state index contributed by atoms with van der Waals surface area (Å²) in [6.45, 7) is 6.23. The second-order valence-electron chi connectivity index (χ2n) is 7.95. The summed E-state index contributed by atoms with van der Waals surface area (Å²) in [5.41, 5.74) is 4.72. The number of carbonyl (C=O) groups excluding carboxylic acids is 3. The van der Waals surface area contributed by atoms with Crippen LogP contribution >= 0.6 is 0 Å². The van der Waals surface area contributed by atoms with Crippen LogP contribution in [-0.4, -0.2) is 42.8 Å². The second-order valence-corrected chi connectivity index (χ2v) is 7.95. The van der Waals surface area contributed by atoms with Crippen LogP contribution in [0.1, 0.15) is 30.0 Å². The van der Waals surface area contributed by atoms with Crippen LogP contribution in [0.4, 0.5) is 11.4 Å². The quantitative estimate of drug-likeness (QED) is 0.799. The van der Waals surface area contributed by atoms with Crippen LogP contribution in [0, 0.1) is 19.8 Å². The molecule has 0 unspecified atom stereocenters. The van der Waals surface area contributed by atoms with Crippen LogP contribution in [0.25, 0.3) is 0 Å². The lowest BCUT2D eigenvalue weighted by molar-refractivity contribution is -0.137. The maximum Gasteiger partial charge on any atom is 0.243 e. The van der Waals surface area contributed by atoms with E-state index in [1.165, 1.54) is 4.90 Å². The Morgan fingerprint density at radius 2 is 1.90 bits per heavy atom. The molecule has 0 aliphatic carbocycles. The zero-order chi connectivity index (χ0) is 21.8. The lowest BCUT2D eigenvalue weighted by atomic mass is 10.1. The van der Waals surface area contributed by atoms with Crippen molar-refractivity contribution < 1.29 is 14.4 Å². The zero-order valence-corrected chi connectivity index (χ0v) is 18.1. The number of para-hydroxylation sites is 1. The molecule has 30 heavy (non-hydrogen) atoms. The number of hydrogen-bond donors (Lipinski definition) is 1. The van der Waals surface area contributed by atoms with Gasteiger partial charge in [-0.05, 0) is 49.1 Å². The molecule has 0 spiro atoms. The second kappa shape index (κ2) is 9.11. The van der Waals surface area contributed by atoms with Gasteiger partial charge in [0.1, 0.15) is 0 Å². The Kier molecular flexibility index (Phi) is 6.55. The molecule has 6 heteroatoms. The third-order valence-electron chi connectivity index (χ3n) is 5.56. The van der Waals surface area contributed by atoms with Gasteiger partial charge in [-0.15, -0.1) is 0 Å². The summed E-state index contributed by atoms with van der Waals surface area (Å²) in [5.74, 6) is -0.934. The molecule has 0 aromatic heterocycles. The van der Waals surface area contributed by atoms with Gasteiger partial charge in [-0.25, -0.2) is 0 Å². The zero-order valence-electron chi connectivity index (χ0n) is 18.1. The van der Waals surface area contributed by atoms with Gasteiger partial charge >= 0.3 is 0 Å². The SMILES string of the molecule is CCc1ccccc1N1C[C@@H](C(=O)N(C)CC(=O)Nc2cc(C)ccc2C)CC1=O.